The Labute approximate surface area is 184 Å². The lowest BCUT2D eigenvalue weighted by Gasteiger charge is -2.51. The van der Waals surface area contributed by atoms with Gasteiger partial charge >= 0.3 is 0 Å². The number of nitrogens with zero attached hydrogens (tertiary/aromatic N) is 1. The second kappa shape index (κ2) is 5.96. The molecule has 2 atom stereocenters. The van der Waals surface area contributed by atoms with Crippen molar-refractivity contribution in [2.24, 2.45) is 11.3 Å². The van der Waals surface area contributed by atoms with Gasteiger partial charge in [0.2, 0.25) is 11.8 Å². The van der Waals surface area contributed by atoms with Gasteiger partial charge in [-0.1, -0.05) is 71.7 Å². The fourth-order valence-corrected chi connectivity index (χ4v) is 6.37. The maximum atomic E-state index is 13.9. The van der Waals surface area contributed by atoms with Crippen molar-refractivity contribution in [1.29, 1.82) is 0 Å². The van der Waals surface area contributed by atoms with Crippen molar-refractivity contribution in [2.45, 2.75) is 18.8 Å². The molecule has 1 heterocycles. The van der Waals surface area contributed by atoms with Crippen molar-refractivity contribution in [3.63, 3.8) is 0 Å². The van der Waals surface area contributed by atoms with Crippen LogP contribution in [0.3, 0.4) is 0 Å². The van der Waals surface area contributed by atoms with Crippen LogP contribution in [-0.4, -0.2) is 11.8 Å². The molecule has 7 rings (SSSR count). The molecule has 4 aliphatic rings. The van der Waals surface area contributed by atoms with Gasteiger partial charge in [-0.3, -0.25) is 9.59 Å². The first kappa shape index (κ1) is 18.2. The Balaban J connectivity index is 1.63. The van der Waals surface area contributed by atoms with Crippen LogP contribution in [0.4, 0.5) is 5.69 Å². The maximum absolute atomic E-state index is 13.9. The van der Waals surface area contributed by atoms with E-state index in [1.807, 2.05) is 31.2 Å². The lowest BCUT2D eigenvalue weighted by atomic mass is 9.48. The SMILES string of the molecule is C[C@@]12C(=O)N(c3cc(Cl)ccc3Cl)C(=O)[C@@H]1C1c3ccccc3C2c2ccccc21. The predicted octanol–water partition coefficient (Wildman–Crippen LogP) is 5.78. The standard InChI is InChI=1S/C25H17Cl2NO2/c1-25-21-16-8-4-2-6-14(16)20(15-7-3-5-9-17(15)21)22(25)23(29)28(24(25)30)19-12-13(26)10-11-18(19)27/h2-12,20-22H,1H3/t20?,21?,22-,25-/m0/s1. The van der Waals surface area contributed by atoms with Crippen molar-refractivity contribution in [2.75, 3.05) is 4.90 Å². The van der Waals surface area contributed by atoms with Crippen molar-refractivity contribution in [3.05, 3.63) is 99.0 Å². The molecule has 1 aliphatic heterocycles. The molecule has 1 fully saturated rings. The summed E-state index contributed by atoms with van der Waals surface area (Å²) in [6, 6.07) is 21.3. The third-order valence-electron chi connectivity index (χ3n) is 7.16. The molecule has 3 aliphatic carbocycles. The van der Waals surface area contributed by atoms with E-state index < -0.39 is 11.3 Å². The van der Waals surface area contributed by atoms with Gasteiger partial charge in [0.15, 0.2) is 0 Å². The molecule has 2 amide bonds. The summed E-state index contributed by atoms with van der Waals surface area (Å²) in [6.45, 7) is 1.94. The molecule has 0 unspecified atom stereocenters. The Morgan fingerprint density at radius 3 is 2.00 bits per heavy atom. The zero-order valence-corrected chi connectivity index (χ0v) is 17.6. The molecule has 5 heteroatoms. The summed E-state index contributed by atoms with van der Waals surface area (Å²) in [6.07, 6.45) is 0. The van der Waals surface area contributed by atoms with Crippen LogP contribution >= 0.6 is 23.2 Å². The highest BCUT2D eigenvalue weighted by atomic mass is 35.5. The molecule has 0 N–H and O–H groups in total. The van der Waals surface area contributed by atoms with E-state index in [0.717, 1.165) is 22.3 Å². The van der Waals surface area contributed by atoms with Gasteiger partial charge in [0, 0.05) is 16.9 Å². The molecule has 0 radical (unpaired) electrons. The summed E-state index contributed by atoms with van der Waals surface area (Å²) in [5, 5.41) is 0.773. The van der Waals surface area contributed by atoms with E-state index in [-0.39, 0.29) is 23.7 Å². The van der Waals surface area contributed by atoms with E-state index in [4.69, 9.17) is 23.2 Å². The molecule has 3 nitrogen and oxygen atoms in total. The lowest BCUT2D eigenvalue weighted by molar-refractivity contribution is -0.128. The second-order valence-corrected chi connectivity index (χ2v) is 9.35. The first-order valence-electron chi connectivity index (χ1n) is 9.95. The van der Waals surface area contributed by atoms with Gasteiger partial charge in [0.1, 0.15) is 0 Å². The normalized spacial score (nSPS) is 28.4. The van der Waals surface area contributed by atoms with Crippen LogP contribution in [0.5, 0.6) is 0 Å². The van der Waals surface area contributed by atoms with Crippen LogP contribution in [0.2, 0.25) is 10.0 Å². The van der Waals surface area contributed by atoms with Crippen LogP contribution in [0.15, 0.2) is 66.7 Å². The Hall–Kier alpha value is -2.62. The summed E-state index contributed by atoms with van der Waals surface area (Å²) in [5.74, 6) is -1.23. The smallest absolute Gasteiger partial charge is 0.241 e. The molecule has 0 aromatic heterocycles. The quantitative estimate of drug-likeness (QED) is 0.456. The molecule has 0 saturated carbocycles. The summed E-state index contributed by atoms with van der Waals surface area (Å²) >= 11 is 12.6. The summed E-state index contributed by atoms with van der Waals surface area (Å²) in [5.41, 5.74) is 4.05. The van der Waals surface area contributed by atoms with Gasteiger partial charge in [-0.2, -0.15) is 0 Å². The number of amides is 2. The van der Waals surface area contributed by atoms with Crippen molar-refractivity contribution in [1.82, 2.24) is 0 Å². The number of hydrogen-bond donors (Lipinski definition) is 0. The lowest BCUT2D eigenvalue weighted by Crippen LogP contribution is -2.49. The van der Waals surface area contributed by atoms with E-state index in [0.29, 0.717) is 15.7 Å². The van der Waals surface area contributed by atoms with E-state index >= 15 is 0 Å². The molecular formula is C25H17Cl2NO2. The summed E-state index contributed by atoms with van der Waals surface area (Å²) < 4.78 is 0. The van der Waals surface area contributed by atoms with E-state index in [2.05, 4.69) is 24.3 Å². The number of carbonyl (C=O) groups is 2. The molecular weight excluding hydrogens is 417 g/mol. The summed E-state index contributed by atoms with van der Waals surface area (Å²) in [4.78, 5) is 29.1. The number of anilines is 1. The number of benzene rings is 3. The molecule has 0 spiro atoms. The minimum atomic E-state index is -0.879. The van der Waals surface area contributed by atoms with Crippen LogP contribution < -0.4 is 4.90 Å². The highest BCUT2D eigenvalue weighted by molar-refractivity contribution is 6.38. The molecule has 3 aromatic rings. The average Bonchev–Trinajstić information content (AvgIpc) is 2.96. The van der Waals surface area contributed by atoms with Gasteiger partial charge in [-0.15, -0.1) is 0 Å². The second-order valence-electron chi connectivity index (χ2n) is 8.50. The molecule has 30 heavy (non-hydrogen) atoms. The molecule has 1 saturated heterocycles. The van der Waals surface area contributed by atoms with Gasteiger partial charge in [0.25, 0.3) is 0 Å². The number of rotatable bonds is 1. The number of halogens is 2. The van der Waals surface area contributed by atoms with E-state index in [1.165, 1.54) is 4.90 Å². The van der Waals surface area contributed by atoms with Crippen molar-refractivity contribution < 1.29 is 9.59 Å². The minimum Gasteiger partial charge on any atom is -0.274 e. The predicted molar refractivity (Wildman–Crippen MR) is 117 cm³/mol. The Bertz CT molecular complexity index is 1220. The Morgan fingerprint density at radius 2 is 1.40 bits per heavy atom. The van der Waals surface area contributed by atoms with Gasteiger partial charge in [0.05, 0.1) is 22.0 Å². The third kappa shape index (κ3) is 2.02. The zero-order chi connectivity index (χ0) is 20.8. The fraction of sp³-hybridized carbons (Fsp3) is 0.200. The minimum absolute atomic E-state index is 0.160. The van der Waals surface area contributed by atoms with E-state index in [9.17, 15) is 9.59 Å². The highest BCUT2D eigenvalue weighted by Crippen LogP contribution is 2.67. The molecule has 3 aromatic carbocycles. The van der Waals surface area contributed by atoms with Crippen molar-refractivity contribution >= 4 is 40.7 Å². The average molecular weight is 434 g/mol. The van der Waals surface area contributed by atoms with Crippen LogP contribution in [-0.2, 0) is 9.59 Å². The fourth-order valence-electron chi connectivity index (χ4n) is 6.00. The summed E-state index contributed by atoms with van der Waals surface area (Å²) in [7, 11) is 0. The maximum Gasteiger partial charge on any atom is 0.241 e. The zero-order valence-electron chi connectivity index (χ0n) is 16.1. The van der Waals surface area contributed by atoms with Crippen molar-refractivity contribution in [3.8, 4) is 0 Å². The Morgan fingerprint density at radius 1 is 0.833 bits per heavy atom. The number of carbonyl (C=O) groups excluding carboxylic acids is 2. The van der Waals surface area contributed by atoms with Gasteiger partial charge < -0.3 is 0 Å². The first-order chi connectivity index (χ1) is 14.4. The molecule has 2 bridgehead atoms. The first-order valence-corrected chi connectivity index (χ1v) is 10.7. The van der Waals surface area contributed by atoms with Crippen LogP contribution in [0.1, 0.15) is 41.0 Å². The highest BCUT2D eigenvalue weighted by Gasteiger charge is 2.69. The number of imide groups is 1. The monoisotopic (exact) mass is 433 g/mol. The third-order valence-corrected chi connectivity index (χ3v) is 7.72. The topological polar surface area (TPSA) is 37.4 Å². The van der Waals surface area contributed by atoms with Crippen LogP contribution in [0, 0.1) is 11.3 Å². The van der Waals surface area contributed by atoms with Gasteiger partial charge in [-0.25, -0.2) is 4.90 Å². The van der Waals surface area contributed by atoms with E-state index in [1.54, 1.807) is 18.2 Å². The van der Waals surface area contributed by atoms with Gasteiger partial charge in [-0.05, 0) is 47.4 Å². The van der Waals surface area contributed by atoms with Crippen LogP contribution in [0.25, 0.3) is 0 Å². The largest absolute Gasteiger partial charge is 0.274 e. The Kier molecular flexibility index (Phi) is 3.61. The number of hydrogen-bond acceptors (Lipinski definition) is 2. The molecule has 148 valence electrons.